The molecule has 2 heterocycles. The standard InChI is InChI=1S/C33H53N5O8S/c1-32(2)17-22-24(46-32)18-38(26(22)29(41)35-23(16-20-12-13-20)27(39)28(34)40)30(42)25(21-10-6-4-7-11-21)36-31(43)37-33(19-47(3,44)45)14-8-5-9-15-33/h20-26H,4-19H2,1-3H3,(H2,34,40)(H,35,41)(H2,36,37,43)/t22-,23?,24?,25-,26-/m0/s1. The Morgan fingerprint density at radius 1 is 0.936 bits per heavy atom. The number of primary amides is 1. The maximum atomic E-state index is 14.6. The fraction of sp³-hybridized carbons (Fsp3) is 0.848. The number of nitrogens with one attached hydrogen (secondary N) is 3. The quantitative estimate of drug-likeness (QED) is 0.224. The average Bonchev–Trinajstić information content (AvgIpc) is 3.67. The fourth-order valence-corrected chi connectivity index (χ4v) is 10.0. The first-order valence-electron chi connectivity index (χ1n) is 17.5. The highest BCUT2D eigenvalue weighted by Gasteiger charge is 2.56. The highest BCUT2D eigenvalue weighted by atomic mass is 32.2. The van der Waals surface area contributed by atoms with Gasteiger partial charge < -0.3 is 31.3 Å². The zero-order valence-electron chi connectivity index (χ0n) is 28.1. The number of amides is 5. The van der Waals surface area contributed by atoms with E-state index in [4.69, 9.17) is 10.5 Å². The zero-order valence-corrected chi connectivity index (χ0v) is 28.9. The van der Waals surface area contributed by atoms with Gasteiger partial charge in [-0.2, -0.15) is 0 Å². The van der Waals surface area contributed by atoms with Gasteiger partial charge in [0.25, 0.3) is 5.91 Å². The van der Waals surface area contributed by atoms with Crippen LogP contribution in [0.1, 0.15) is 104 Å². The Balaban J connectivity index is 1.40. The molecule has 0 aromatic carbocycles. The first-order valence-corrected chi connectivity index (χ1v) is 19.5. The van der Waals surface area contributed by atoms with Crippen LogP contribution < -0.4 is 21.7 Å². The topological polar surface area (TPSA) is 194 Å². The molecule has 2 unspecified atom stereocenters. The van der Waals surface area contributed by atoms with Gasteiger partial charge in [0.1, 0.15) is 21.9 Å². The number of nitrogens with zero attached hydrogens (tertiary/aromatic N) is 1. The molecule has 3 aliphatic carbocycles. The number of hydrogen-bond donors (Lipinski definition) is 4. The van der Waals surface area contributed by atoms with Crippen molar-refractivity contribution in [2.75, 3.05) is 18.6 Å². The summed E-state index contributed by atoms with van der Waals surface area (Å²) in [4.78, 5) is 68.5. The summed E-state index contributed by atoms with van der Waals surface area (Å²) in [5.74, 6) is -3.37. The highest BCUT2D eigenvalue weighted by molar-refractivity contribution is 7.90. The maximum Gasteiger partial charge on any atom is 0.315 e. The third-order valence-corrected chi connectivity index (χ3v) is 12.0. The van der Waals surface area contributed by atoms with E-state index in [0.717, 1.165) is 64.2 Å². The van der Waals surface area contributed by atoms with Crippen molar-refractivity contribution in [3.63, 3.8) is 0 Å². The summed E-state index contributed by atoms with van der Waals surface area (Å²) in [6.45, 7) is 4.02. The number of sulfone groups is 1. The lowest BCUT2D eigenvalue weighted by Crippen LogP contribution is -2.62. The van der Waals surface area contributed by atoms with Crippen molar-refractivity contribution in [3.05, 3.63) is 0 Å². The molecular weight excluding hydrogens is 626 g/mol. The lowest BCUT2D eigenvalue weighted by atomic mass is 9.82. The van der Waals surface area contributed by atoms with Crippen molar-refractivity contribution in [2.24, 2.45) is 23.5 Å². The van der Waals surface area contributed by atoms with Gasteiger partial charge in [-0.1, -0.05) is 51.4 Å². The van der Waals surface area contributed by atoms with Crippen LogP contribution in [0.5, 0.6) is 0 Å². The number of ether oxygens (including phenoxy) is 1. The van der Waals surface area contributed by atoms with Gasteiger partial charge in [0.15, 0.2) is 0 Å². The Hall–Kier alpha value is -2.74. The number of ketones is 1. The van der Waals surface area contributed by atoms with Crippen molar-refractivity contribution in [1.82, 2.24) is 20.9 Å². The zero-order chi connectivity index (χ0) is 34.1. The molecule has 3 saturated carbocycles. The number of nitrogens with two attached hydrogens (primary N) is 1. The molecule has 264 valence electrons. The molecule has 0 bridgehead atoms. The minimum atomic E-state index is -3.40. The van der Waals surface area contributed by atoms with E-state index >= 15 is 0 Å². The molecule has 0 spiro atoms. The molecule has 2 saturated heterocycles. The minimum Gasteiger partial charge on any atom is -0.370 e. The first-order chi connectivity index (χ1) is 22.1. The molecule has 2 aliphatic heterocycles. The summed E-state index contributed by atoms with van der Waals surface area (Å²) in [6.07, 6.45) is 11.3. The number of fused-ring (bicyclic) bond motifs is 1. The molecule has 5 atom stereocenters. The number of hydrogen-bond acceptors (Lipinski definition) is 8. The van der Waals surface area contributed by atoms with Gasteiger partial charge in [0.2, 0.25) is 17.6 Å². The van der Waals surface area contributed by atoms with Crippen LogP contribution in [0, 0.1) is 17.8 Å². The lowest BCUT2D eigenvalue weighted by molar-refractivity contribution is -0.144. The van der Waals surface area contributed by atoms with Crippen LogP contribution in [0.15, 0.2) is 0 Å². The molecule has 13 nitrogen and oxygen atoms in total. The smallest absolute Gasteiger partial charge is 0.315 e. The first kappa shape index (κ1) is 35.6. The predicted molar refractivity (Wildman–Crippen MR) is 174 cm³/mol. The second kappa shape index (κ2) is 14.0. The molecule has 0 aromatic rings. The summed E-state index contributed by atoms with van der Waals surface area (Å²) >= 11 is 0. The van der Waals surface area contributed by atoms with Crippen LogP contribution in [0.4, 0.5) is 4.79 Å². The Kier molecular flexibility index (Phi) is 10.6. The van der Waals surface area contributed by atoms with E-state index in [1.54, 1.807) is 0 Å². The van der Waals surface area contributed by atoms with Crippen molar-refractivity contribution in [1.29, 1.82) is 0 Å². The Labute approximate surface area is 278 Å². The third-order valence-electron chi connectivity index (χ3n) is 10.9. The van der Waals surface area contributed by atoms with E-state index in [0.29, 0.717) is 25.7 Å². The number of carbonyl (C=O) groups excluding carboxylic acids is 5. The average molecular weight is 680 g/mol. The van der Waals surface area contributed by atoms with Gasteiger partial charge in [-0.25, -0.2) is 13.2 Å². The van der Waals surface area contributed by atoms with Crippen molar-refractivity contribution in [3.8, 4) is 0 Å². The third kappa shape index (κ3) is 8.84. The summed E-state index contributed by atoms with van der Waals surface area (Å²) in [5.41, 5.74) is 3.90. The number of urea groups is 1. The summed E-state index contributed by atoms with van der Waals surface area (Å²) < 4.78 is 31.0. The molecule has 5 rings (SSSR count). The number of Topliss-reactive ketones (excluding diaryl/α,β-unsaturated/α-hetero) is 1. The second-order valence-electron chi connectivity index (χ2n) is 15.6. The number of rotatable bonds is 12. The Morgan fingerprint density at radius 2 is 1.57 bits per heavy atom. The molecule has 5 aliphatic rings. The van der Waals surface area contributed by atoms with Gasteiger partial charge in [-0.3, -0.25) is 19.2 Å². The molecule has 5 amide bonds. The minimum absolute atomic E-state index is 0.145. The highest BCUT2D eigenvalue weighted by Crippen LogP contribution is 2.44. The van der Waals surface area contributed by atoms with E-state index < -0.39 is 74.7 Å². The largest absolute Gasteiger partial charge is 0.370 e. The van der Waals surface area contributed by atoms with Crippen LogP contribution in [0.2, 0.25) is 0 Å². The molecule has 14 heteroatoms. The predicted octanol–water partition coefficient (Wildman–Crippen LogP) is 1.72. The van der Waals surface area contributed by atoms with Gasteiger partial charge in [-0.15, -0.1) is 0 Å². The van der Waals surface area contributed by atoms with Gasteiger partial charge in [0.05, 0.1) is 29.0 Å². The van der Waals surface area contributed by atoms with E-state index in [1.165, 1.54) is 11.2 Å². The Bertz CT molecular complexity index is 1340. The van der Waals surface area contributed by atoms with E-state index in [-0.39, 0.29) is 30.1 Å². The molecular formula is C33H53N5O8S. The van der Waals surface area contributed by atoms with Gasteiger partial charge in [0, 0.05) is 18.7 Å². The van der Waals surface area contributed by atoms with Crippen LogP contribution in [-0.4, -0.2) is 96.8 Å². The number of carbonyl (C=O) groups is 5. The van der Waals surface area contributed by atoms with Crippen LogP contribution in [0.25, 0.3) is 0 Å². The maximum absolute atomic E-state index is 14.6. The van der Waals surface area contributed by atoms with E-state index in [2.05, 4.69) is 16.0 Å². The normalized spacial score (nSPS) is 28.5. The van der Waals surface area contributed by atoms with Crippen LogP contribution in [-0.2, 0) is 33.8 Å². The summed E-state index contributed by atoms with van der Waals surface area (Å²) in [6, 6.07) is -3.57. The van der Waals surface area contributed by atoms with Gasteiger partial charge >= 0.3 is 6.03 Å². The van der Waals surface area contributed by atoms with Crippen molar-refractivity contribution in [2.45, 2.75) is 139 Å². The van der Waals surface area contributed by atoms with Crippen LogP contribution >= 0.6 is 0 Å². The van der Waals surface area contributed by atoms with Crippen molar-refractivity contribution >= 4 is 39.4 Å². The lowest BCUT2D eigenvalue weighted by Gasteiger charge is -2.39. The second-order valence-corrected chi connectivity index (χ2v) is 17.7. The SMILES string of the molecule is CC1(C)C[C@H]2C(CN(C(=O)[C@@H](NC(=O)NC3(CS(C)(=O)=O)CCCCC3)C3CCCCC3)[C@@H]2C(=O)NC(CC2CC2)C(=O)C(N)=O)O1. The van der Waals surface area contributed by atoms with Crippen LogP contribution in [0.3, 0.4) is 0 Å². The van der Waals surface area contributed by atoms with Gasteiger partial charge in [-0.05, 0) is 64.2 Å². The monoisotopic (exact) mass is 679 g/mol. The molecule has 0 aromatic heterocycles. The molecule has 47 heavy (non-hydrogen) atoms. The number of likely N-dealkylation sites (tertiary alicyclic amines) is 1. The van der Waals surface area contributed by atoms with E-state index in [9.17, 15) is 32.4 Å². The fourth-order valence-electron chi connectivity index (χ4n) is 8.66. The molecule has 0 radical (unpaired) electrons. The molecule has 5 N–H and O–H groups in total. The summed E-state index contributed by atoms with van der Waals surface area (Å²) in [5, 5.41) is 8.70. The Morgan fingerprint density at radius 3 is 2.17 bits per heavy atom. The summed E-state index contributed by atoms with van der Waals surface area (Å²) in [7, 11) is -3.40. The van der Waals surface area contributed by atoms with Crippen molar-refractivity contribution < 1.29 is 37.1 Å². The van der Waals surface area contributed by atoms with E-state index in [1.807, 2.05) is 13.8 Å². The molecule has 5 fully saturated rings.